The summed E-state index contributed by atoms with van der Waals surface area (Å²) in [5.74, 6) is -1.02. The average molecular weight is 326 g/mol. The number of aliphatic carboxylic acids is 1. The van der Waals surface area contributed by atoms with E-state index in [2.05, 4.69) is 0 Å². The van der Waals surface area contributed by atoms with Gasteiger partial charge in [0, 0.05) is 18.8 Å². The van der Waals surface area contributed by atoms with Gasteiger partial charge in [-0.25, -0.2) is 0 Å². The summed E-state index contributed by atoms with van der Waals surface area (Å²) < 4.78 is 0. The fraction of sp³-hybridized carbons (Fsp3) is 0.778. The molecule has 23 heavy (non-hydrogen) atoms. The number of hydrogen-bond acceptors (Lipinski definition) is 4. The van der Waals surface area contributed by atoms with E-state index in [0.29, 0.717) is 12.8 Å². The van der Waals surface area contributed by atoms with Crippen LogP contribution >= 0.6 is 0 Å². The van der Waals surface area contributed by atoms with Crippen LogP contribution < -0.4 is 0 Å². The number of aliphatic hydroxyl groups is 2. The van der Waals surface area contributed by atoms with E-state index in [1.54, 1.807) is 12.2 Å². The van der Waals surface area contributed by atoms with Crippen LogP contribution in [0.3, 0.4) is 0 Å². The lowest BCUT2D eigenvalue weighted by Gasteiger charge is -2.18. The Morgan fingerprint density at radius 1 is 1.26 bits per heavy atom. The monoisotopic (exact) mass is 326 g/mol. The number of hydrogen-bond donors (Lipinski definition) is 3. The minimum absolute atomic E-state index is 0.0539. The van der Waals surface area contributed by atoms with Crippen molar-refractivity contribution in [3.63, 3.8) is 0 Å². The molecular formula is C18H30O5. The fourth-order valence-corrected chi connectivity index (χ4v) is 3.16. The van der Waals surface area contributed by atoms with Gasteiger partial charge in [0.1, 0.15) is 5.78 Å². The number of aliphatic hydroxyl groups excluding tert-OH is 2. The van der Waals surface area contributed by atoms with Crippen molar-refractivity contribution in [3.05, 3.63) is 12.2 Å². The van der Waals surface area contributed by atoms with E-state index >= 15 is 0 Å². The lowest BCUT2D eigenvalue weighted by atomic mass is 9.88. The maximum atomic E-state index is 12.0. The number of carboxylic acids is 1. The second-order valence-corrected chi connectivity index (χ2v) is 6.49. The standard InChI is InChI=1S/C18H30O5/c1-2-13(19)10-11-15-14(16(20)12-17(15)21)8-6-4-3-5-7-9-18(22)23/h10-11,13-16,19-20H,2-9,12H2,1H3,(H,22,23)/b11-10+/t13-,14-,15+,16-/m0/s1. The number of rotatable bonds is 11. The van der Waals surface area contributed by atoms with Crippen LogP contribution in [0.1, 0.15) is 64.7 Å². The molecule has 1 saturated carbocycles. The predicted molar refractivity (Wildman–Crippen MR) is 88.0 cm³/mol. The molecule has 5 heteroatoms. The maximum absolute atomic E-state index is 12.0. The summed E-state index contributed by atoms with van der Waals surface area (Å²) in [6, 6.07) is 0. The van der Waals surface area contributed by atoms with Crippen LogP contribution in [0.25, 0.3) is 0 Å². The topological polar surface area (TPSA) is 94.8 Å². The molecule has 4 atom stereocenters. The quantitative estimate of drug-likeness (QED) is 0.401. The number of carbonyl (C=O) groups is 2. The molecule has 0 aromatic rings. The van der Waals surface area contributed by atoms with E-state index in [-0.39, 0.29) is 30.5 Å². The molecule has 5 nitrogen and oxygen atoms in total. The van der Waals surface area contributed by atoms with Crippen LogP contribution in [0.15, 0.2) is 12.2 Å². The maximum Gasteiger partial charge on any atom is 0.303 e. The molecule has 0 radical (unpaired) electrons. The van der Waals surface area contributed by atoms with Gasteiger partial charge in [-0.15, -0.1) is 0 Å². The first-order valence-corrected chi connectivity index (χ1v) is 8.74. The fourth-order valence-electron chi connectivity index (χ4n) is 3.16. The van der Waals surface area contributed by atoms with E-state index in [1.807, 2.05) is 6.92 Å². The third-order valence-corrected chi connectivity index (χ3v) is 4.62. The zero-order chi connectivity index (χ0) is 17.2. The molecule has 1 fully saturated rings. The molecule has 1 rings (SSSR count). The number of carbonyl (C=O) groups excluding carboxylic acids is 1. The Hall–Kier alpha value is -1.20. The van der Waals surface area contributed by atoms with Gasteiger partial charge in [-0.05, 0) is 25.2 Å². The lowest BCUT2D eigenvalue weighted by molar-refractivity contribution is -0.137. The van der Waals surface area contributed by atoms with Gasteiger partial charge in [0.05, 0.1) is 12.2 Å². The highest BCUT2D eigenvalue weighted by atomic mass is 16.4. The van der Waals surface area contributed by atoms with Crippen molar-refractivity contribution in [2.45, 2.75) is 76.9 Å². The Bertz CT molecular complexity index is 404. The van der Waals surface area contributed by atoms with E-state index in [0.717, 1.165) is 32.1 Å². The van der Waals surface area contributed by atoms with Crippen molar-refractivity contribution in [1.29, 1.82) is 0 Å². The molecule has 0 aromatic carbocycles. The Labute approximate surface area is 138 Å². The molecule has 0 bridgehead atoms. The Morgan fingerprint density at radius 3 is 2.57 bits per heavy atom. The van der Waals surface area contributed by atoms with Crippen LogP contribution in [0.2, 0.25) is 0 Å². The summed E-state index contributed by atoms with van der Waals surface area (Å²) in [5.41, 5.74) is 0. The second-order valence-electron chi connectivity index (χ2n) is 6.49. The molecule has 132 valence electrons. The molecule has 0 heterocycles. The van der Waals surface area contributed by atoms with E-state index in [4.69, 9.17) is 5.11 Å². The van der Waals surface area contributed by atoms with Crippen LogP contribution in [-0.2, 0) is 9.59 Å². The summed E-state index contributed by atoms with van der Waals surface area (Å²) in [7, 11) is 0. The van der Waals surface area contributed by atoms with Gasteiger partial charge in [-0.3, -0.25) is 9.59 Å². The van der Waals surface area contributed by atoms with Crippen LogP contribution in [0, 0.1) is 11.8 Å². The van der Waals surface area contributed by atoms with Gasteiger partial charge >= 0.3 is 5.97 Å². The zero-order valence-electron chi connectivity index (χ0n) is 14.0. The minimum atomic E-state index is -0.749. The van der Waals surface area contributed by atoms with E-state index in [1.165, 1.54) is 0 Å². The Morgan fingerprint density at radius 2 is 1.91 bits per heavy atom. The number of ketones is 1. The molecule has 0 aromatic heterocycles. The normalized spacial score (nSPS) is 26.0. The van der Waals surface area contributed by atoms with Crippen molar-refractivity contribution in [3.8, 4) is 0 Å². The number of carboxylic acid groups (broad SMARTS) is 1. The molecule has 0 spiro atoms. The zero-order valence-corrected chi connectivity index (χ0v) is 14.0. The largest absolute Gasteiger partial charge is 0.481 e. The summed E-state index contributed by atoms with van der Waals surface area (Å²) in [4.78, 5) is 22.4. The van der Waals surface area contributed by atoms with Crippen molar-refractivity contribution in [2.24, 2.45) is 11.8 Å². The van der Waals surface area contributed by atoms with E-state index < -0.39 is 18.2 Å². The van der Waals surface area contributed by atoms with Crippen molar-refractivity contribution < 1.29 is 24.9 Å². The van der Waals surface area contributed by atoms with Gasteiger partial charge in [-0.1, -0.05) is 44.8 Å². The number of Topliss-reactive ketones (excluding diaryl/α,β-unsaturated/α-hetero) is 1. The van der Waals surface area contributed by atoms with Gasteiger partial charge in [0.25, 0.3) is 0 Å². The lowest BCUT2D eigenvalue weighted by Crippen LogP contribution is -2.19. The third kappa shape index (κ3) is 7.27. The molecule has 0 aliphatic heterocycles. The summed E-state index contributed by atoms with van der Waals surface area (Å²) in [6.45, 7) is 1.88. The molecule has 1 aliphatic carbocycles. The van der Waals surface area contributed by atoms with Crippen LogP contribution in [0.4, 0.5) is 0 Å². The van der Waals surface area contributed by atoms with Crippen molar-refractivity contribution in [2.75, 3.05) is 0 Å². The van der Waals surface area contributed by atoms with Crippen molar-refractivity contribution in [1.82, 2.24) is 0 Å². The number of unbranched alkanes of at least 4 members (excludes halogenated alkanes) is 4. The van der Waals surface area contributed by atoms with Crippen LogP contribution in [0.5, 0.6) is 0 Å². The van der Waals surface area contributed by atoms with Gasteiger partial charge < -0.3 is 15.3 Å². The smallest absolute Gasteiger partial charge is 0.303 e. The Balaban J connectivity index is 2.33. The highest BCUT2D eigenvalue weighted by molar-refractivity contribution is 5.85. The summed E-state index contributed by atoms with van der Waals surface area (Å²) in [5, 5.41) is 28.2. The highest BCUT2D eigenvalue weighted by Gasteiger charge is 2.39. The third-order valence-electron chi connectivity index (χ3n) is 4.62. The molecule has 0 amide bonds. The second kappa shape index (κ2) is 10.6. The summed E-state index contributed by atoms with van der Waals surface area (Å²) in [6.07, 6.45) is 8.69. The minimum Gasteiger partial charge on any atom is -0.481 e. The first-order chi connectivity index (χ1) is 11.0. The molecule has 3 N–H and O–H groups in total. The molecule has 0 saturated heterocycles. The molecule has 0 unspecified atom stereocenters. The van der Waals surface area contributed by atoms with Crippen molar-refractivity contribution >= 4 is 11.8 Å². The van der Waals surface area contributed by atoms with Gasteiger partial charge in [-0.2, -0.15) is 0 Å². The molecular weight excluding hydrogens is 296 g/mol. The van der Waals surface area contributed by atoms with Gasteiger partial charge in [0.2, 0.25) is 0 Å². The first-order valence-electron chi connectivity index (χ1n) is 8.74. The summed E-state index contributed by atoms with van der Waals surface area (Å²) >= 11 is 0. The predicted octanol–water partition coefficient (Wildman–Crippen LogP) is 2.69. The average Bonchev–Trinajstić information content (AvgIpc) is 2.77. The van der Waals surface area contributed by atoms with Crippen LogP contribution in [-0.4, -0.2) is 39.3 Å². The SMILES string of the molecule is CC[C@H](O)/C=C/[C@H]1C(=O)C[C@H](O)[C@H]1CCCCCCCC(=O)O. The first kappa shape index (κ1) is 19.8. The Kier molecular flexibility index (Phi) is 9.10. The molecule has 1 aliphatic rings. The highest BCUT2D eigenvalue weighted by Crippen LogP contribution is 2.34. The van der Waals surface area contributed by atoms with E-state index in [9.17, 15) is 19.8 Å². The number of allylic oxidation sites excluding steroid dienone is 1. The van der Waals surface area contributed by atoms with Gasteiger partial charge in [0.15, 0.2) is 0 Å².